The number of hydrogen-bond donors (Lipinski definition) is 4. The Labute approximate surface area is 215 Å². The van der Waals surface area contributed by atoms with Crippen molar-refractivity contribution in [1.29, 1.82) is 0 Å². The van der Waals surface area contributed by atoms with E-state index < -0.39 is 12.1 Å². The Bertz CT molecular complexity index is 894. The molecule has 2 aromatic carbocycles. The van der Waals surface area contributed by atoms with Crippen molar-refractivity contribution in [3.05, 3.63) is 59.7 Å². The minimum absolute atomic E-state index is 0.0919. The van der Waals surface area contributed by atoms with E-state index in [9.17, 15) is 9.90 Å². The monoisotopic (exact) mass is 501 g/mol. The van der Waals surface area contributed by atoms with Gasteiger partial charge in [0.25, 0.3) is 0 Å². The molecular weight excluding hydrogens is 458 g/mol. The first-order valence-corrected chi connectivity index (χ1v) is 12.6. The van der Waals surface area contributed by atoms with Gasteiger partial charge in [0.2, 0.25) is 0 Å². The van der Waals surface area contributed by atoms with E-state index in [0.29, 0.717) is 43.6 Å². The van der Waals surface area contributed by atoms with Gasteiger partial charge in [0, 0.05) is 39.3 Å². The van der Waals surface area contributed by atoms with Gasteiger partial charge >= 0.3 is 6.03 Å². The third-order valence-corrected chi connectivity index (χ3v) is 6.26. The number of rotatable bonds is 16. The lowest BCUT2D eigenvalue weighted by atomic mass is 9.83. The number of aliphatic hydroxyl groups excluding tert-OH is 1. The van der Waals surface area contributed by atoms with Gasteiger partial charge in [-0.05, 0) is 47.9 Å². The van der Waals surface area contributed by atoms with Crippen molar-refractivity contribution in [3.63, 3.8) is 0 Å². The van der Waals surface area contributed by atoms with Gasteiger partial charge in [0.15, 0.2) is 11.5 Å². The van der Waals surface area contributed by atoms with Gasteiger partial charge < -0.3 is 35.7 Å². The summed E-state index contributed by atoms with van der Waals surface area (Å²) in [4.78, 5) is 12.1. The maximum atomic E-state index is 12.1. The van der Waals surface area contributed by atoms with Crippen LogP contribution in [0.5, 0.6) is 11.5 Å². The highest BCUT2D eigenvalue weighted by Gasteiger charge is 2.23. The van der Waals surface area contributed by atoms with Crippen LogP contribution in [0.15, 0.2) is 48.5 Å². The summed E-state index contributed by atoms with van der Waals surface area (Å²) in [6, 6.07) is 14.8. The van der Waals surface area contributed by atoms with Crippen molar-refractivity contribution in [3.8, 4) is 11.5 Å². The molecule has 0 aliphatic rings. The van der Waals surface area contributed by atoms with E-state index in [1.807, 2.05) is 48.5 Å². The second-order valence-electron chi connectivity index (χ2n) is 9.40. The topological polar surface area (TPSA) is 115 Å². The second-order valence-corrected chi connectivity index (χ2v) is 9.40. The van der Waals surface area contributed by atoms with Gasteiger partial charge in [-0.15, -0.1) is 0 Å². The summed E-state index contributed by atoms with van der Waals surface area (Å²) in [6.07, 6.45) is 1.37. The number of carbonyl (C=O) groups is 1. The van der Waals surface area contributed by atoms with Crippen LogP contribution >= 0.6 is 0 Å². The molecule has 5 N–H and O–H groups in total. The summed E-state index contributed by atoms with van der Waals surface area (Å²) in [5.41, 5.74) is 8.48. The average molecular weight is 502 g/mol. The average Bonchev–Trinajstić information content (AvgIpc) is 2.88. The number of hydrogen-bond acceptors (Lipinski definition) is 6. The number of nitrogens with two attached hydrogens (primary N) is 1. The Balaban J connectivity index is 1.87. The van der Waals surface area contributed by atoms with E-state index in [4.69, 9.17) is 19.9 Å². The maximum absolute atomic E-state index is 12.1. The molecule has 0 aromatic heterocycles. The molecule has 36 heavy (non-hydrogen) atoms. The molecule has 2 amide bonds. The van der Waals surface area contributed by atoms with E-state index in [1.165, 1.54) is 0 Å². The Morgan fingerprint density at radius 1 is 1.00 bits per heavy atom. The summed E-state index contributed by atoms with van der Waals surface area (Å²) in [7, 11) is 3.30. The first-order chi connectivity index (χ1) is 17.3. The van der Waals surface area contributed by atoms with E-state index >= 15 is 0 Å². The minimum atomic E-state index is -0.843. The Hall–Kier alpha value is -2.81. The summed E-state index contributed by atoms with van der Waals surface area (Å²) in [5.74, 6) is 2.01. The second kappa shape index (κ2) is 16.0. The van der Waals surface area contributed by atoms with Gasteiger partial charge in [-0.2, -0.15) is 0 Å². The minimum Gasteiger partial charge on any atom is -0.493 e. The van der Waals surface area contributed by atoms with Gasteiger partial charge in [-0.3, -0.25) is 0 Å². The van der Waals surface area contributed by atoms with Gasteiger partial charge in [-0.1, -0.05) is 50.2 Å². The Morgan fingerprint density at radius 3 is 2.42 bits per heavy atom. The van der Waals surface area contributed by atoms with E-state index in [-0.39, 0.29) is 18.5 Å². The van der Waals surface area contributed by atoms with Crippen LogP contribution in [0.4, 0.5) is 4.79 Å². The zero-order valence-corrected chi connectivity index (χ0v) is 22.0. The summed E-state index contributed by atoms with van der Waals surface area (Å²) >= 11 is 0. The molecule has 8 heteroatoms. The van der Waals surface area contributed by atoms with Crippen LogP contribution in [0.3, 0.4) is 0 Å². The van der Waals surface area contributed by atoms with E-state index in [2.05, 4.69) is 24.5 Å². The van der Waals surface area contributed by atoms with Crippen molar-refractivity contribution in [2.45, 2.75) is 51.8 Å². The van der Waals surface area contributed by atoms with Crippen molar-refractivity contribution in [1.82, 2.24) is 10.6 Å². The molecule has 0 spiro atoms. The number of ether oxygens (including phenoxy) is 3. The zero-order valence-electron chi connectivity index (χ0n) is 22.0. The highest BCUT2D eigenvalue weighted by molar-refractivity contribution is 5.73. The van der Waals surface area contributed by atoms with Crippen LogP contribution in [0.25, 0.3) is 0 Å². The van der Waals surface area contributed by atoms with E-state index in [1.54, 1.807) is 14.2 Å². The number of methoxy groups -OCH3 is 2. The molecule has 0 aliphatic carbocycles. The Kier molecular flexibility index (Phi) is 13.1. The fourth-order valence-corrected chi connectivity index (χ4v) is 3.94. The lowest BCUT2D eigenvalue weighted by Gasteiger charge is -2.27. The molecule has 0 aliphatic heterocycles. The molecule has 0 fully saturated rings. The summed E-state index contributed by atoms with van der Waals surface area (Å²) in [5, 5.41) is 16.1. The molecule has 0 saturated carbocycles. The van der Waals surface area contributed by atoms with Crippen LogP contribution in [-0.4, -0.2) is 57.3 Å². The lowest BCUT2D eigenvalue weighted by molar-refractivity contribution is 0.125. The van der Waals surface area contributed by atoms with Crippen LogP contribution in [-0.2, 0) is 17.7 Å². The third kappa shape index (κ3) is 10.4. The SMILES string of the molecule is COCCCOc1cc(CC(C[C@H](N)C(O)CNC(=O)NCc2ccccc2)C(C)C)ccc1OC. The fourth-order valence-electron chi connectivity index (χ4n) is 3.94. The van der Waals surface area contributed by atoms with Gasteiger partial charge in [0.1, 0.15) is 0 Å². The highest BCUT2D eigenvalue weighted by atomic mass is 16.5. The number of benzene rings is 2. The van der Waals surface area contributed by atoms with Crippen molar-refractivity contribution >= 4 is 6.03 Å². The molecule has 2 unspecified atom stereocenters. The molecular formula is C28H43N3O5. The quantitative estimate of drug-likeness (QED) is 0.262. The molecule has 0 radical (unpaired) electrons. The Morgan fingerprint density at radius 2 is 1.75 bits per heavy atom. The first kappa shape index (κ1) is 29.4. The summed E-state index contributed by atoms with van der Waals surface area (Å²) in [6.45, 7) is 6.01. The molecule has 0 bridgehead atoms. The smallest absolute Gasteiger partial charge is 0.315 e. The molecule has 0 heterocycles. The highest BCUT2D eigenvalue weighted by Crippen LogP contribution is 2.31. The van der Waals surface area contributed by atoms with E-state index in [0.717, 1.165) is 24.0 Å². The molecule has 2 aromatic rings. The molecule has 0 saturated heterocycles. The standard InChI is InChI=1S/C28H43N3O5/c1-20(2)23(15-22-11-12-26(35-4)27(16-22)36-14-8-13-34-3)17-24(29)25(32)19-31-28(33)30-18-21-9-6-5-7-10-21/h5-7,9-12,16,20,23-25,32H,8,13-15,17-19,29H2,1-4H3,(H2,30,31,33)/t23?,24-,25?/m0/s1. The van der Waals surface area contributed by atoms with Gasteiger partial charge in [-0.25, -0.2) is 4.79 Å². The normalized spacial score (nSPS) is 13.6. The first-order valence-electron chi connectivity index (χ1n) is 12.6. The van der Waals surface area contributed by atoms with Crippen molar-refractivity contribution < 1.29 is 24.1 Å². The predicted octanol–water partition coefficient (Wildman–Crippen LogP) is 3.50. The van der Waals surface area contributed by atoms with Crippen LogP contribution in [0.2, 0.25) is 0 Å². The number of urea groups is 1. The maximum Gasteiger partial charge on any atom is 0.315 e. The zero-order chi connectivity index (χ0) is 26.3. The fraction of sp³-hybridized carbons (Fsp3) is 0.536. The van der Waals surface area contributed by atoms with Crippen LogP contribution < -0.4 is 25.8 Å². The molecule has 200 valence electrons. The largest absolute Gasteiger partial charge is 0.493 e. The molecule has 3 atom stereocenters. The van der Waals surface area contributed by atoms with Crippen LogP contribution in [0, 0.1) is 11.8 Å². The van der Waals surface area contributed by atoms with Crippen molar-refractivity contribution in [2.24, 2.45) is 17.6 Å². The van der Waals surface area contributed by atoms with Crippen molar-refractivity contribution in [2.75, 3.05) is 34.0 Å². The third-order valence-electron chi connectivity index (χ3n) is 6.26. The van der Waals surface area contributed by atoms with Gasteiger partial charge in [0.05, 0.1) is 19.8 Å². The lowest BCUT2D eigenvalue weighted by Crippen LogP contribution is -2.47. The molecule has 8 nitrogen and oxygen atoms in total. The number of nitrogens with one attached hydrogen (secondary N) is 2. The molecule has 2 rings (SSSR count). The number of amides is 2. The predicted molar refractivity (Wildman–Crippen MR) is 142 cm³/mol. The van der Waals surface area contributed by atoms with Crippen LogP contribution in [0.1, 0.15) is 37.8 Å². The summed E-state index contributed by atoms with van der Waals surface area (Å²) < 4.78 is 16.5. The number of aliphatic hydroxyl groups is 1. The number of carbonyl (C=O) groups excluding carboxylic acids is 1.